The summed E-state index contributed by atoms with van der Waals surface area (Å²) in [6.45, 7) is 0.733. The topological polar surface area (TPSA) is 27.6 Å². The summed E-state index contributed by atoms with van der Waals surface area (Å²) in [5.41, 5.74) is 4.20. The van der Waals surface area contributed by atoms with Crippen molar-refractivity contribution in [2.45, 2.75) is 0 Å². The summed E-state index contributed by atoms with van der Waals surface area (Å²) < 4.78 is 0. The molecule has 80 valence electrons. The van der Waals surface area contributed by atoms with Gasteiger partial charge in [-0.05, 0) is 23.6 Å². The van der Waals surface area contributed by atoms with Gasteiger partial charge in [0.15, 0.2) is 5.84 Å². The van der Waals surface area contributed by atoms with Crippen LogP contribution < -0.4 is 10.3 Å². The fraction of sp³-hybridized carbons (Fsp3) is 0.0833. The number of anilines is 1. The molecule has 3 nitrogen and oxygen atoms in total. The Morgan fingerprint density at radius 2 is 2.00 bits per heavy atom. The highest BCUT2D eigenvalue weighted by molar-refractivity contribution is 7.12. The number of rotatable bonds is 2. The van der Waals surface area contributed by atoms with Gasteiger partial charge >= 0.3 is 0 Å². The standard InChI is InChI=1S/C12H11N3S/c1-2-5-10(6-3-1)15-9-13-14-12(15)11-7-4-8-16-11/h1-8,13H,9H2. The van der Waals surface area contributed by atoms with E-state index in [4.69, 9.17) is 0 Å². The first-order chi connectivity index (χ1) is 7.95. The monoisotopic (exact) mass is 229 g/mol. The third-order valence-electron chi connectivity index (χ3n) is 2.48. The van der Waals surface area contributed by atoms with Crippen molar-refractivity contribution in [3.8, 4) is 0 Å². The van der Waals surface area contributed by atoms with Crippen molar-refractivity contribution >= 4 is 22.9 Å². The predicted molar refractivity (Wildman–Crippen MR) is 67.8 cm³/mol. The smallest absolute Gasteiger partial charge is 0.171 e. The van der Waals surface area contributed by atoms with E-state index in [0.29, 0.717) is 0 Å². The van der Waals surface area contributed by atoms with Gasteiger partial charge in [-0.2, -0.15) is 5.10 Å². The van der Waals surface area contributed by atoms with Crippen LogP contribution in [0, 0.1) is 0 Å². The van der Waals surface area contributed by atoms with E-state index < -0.39 is 0 Å². The summed E-state index contributed by atoms with van der Waals surface area (Å²) in [5.74, 6) is 1.00. The number of amidine groups is 1. The molecule has 2 heterocycles. The quantitative estimate of drug-likeness (QED) is 0.856. The van der Waals surface area contributed by atoms with Crippen molar-refractivity contribution in [2.24, 2.45) is 5.10 Å². The van der Waals surface area contributed by atoms with E-state index >= 15 is 0 Å². The molecule has 0 saturated heterocycles. The third kappa shape index (κ3) is 1.57. The highest BCUT2D eigenvalue weighted by Gasteiger charge is 2.20. The Hall–Kier alpha value is -1.81. The number of hydrogen-bond acceptors (Lipinski definition) is 4. The van der Waals surface area contributed by atoms with Crippen LogP contribution in [0.5, 0.6) is 0 Å². The summed E-state index contributed by atoms with van der Waals surface area (Å²) in [7, 11) is 0. The second kappa shape index (κ2) is 3.98. The number of benzene rings is 1. The van der Waals surface area contributed by atoms with E-state index in [2.05, 4.69) is 39.0 Å². The minimum atomic E-state index is 0.733. The van der Waals surface area contributed by atoms with Gasteiger partial charge < -0.3 is 4.90 Å². The Kier molecular flexibility index (Phi) is 2.34. The van der Waals surface area contributed by atoms with Crippen molar-refractivity contribution in [3.63, 3.8) is 0 Å². The van der Waals surface area contributed by atoms with Crippen molar-refractivity contribution in [1.29, 1.82) is 0 Å². The first-order valence-corrected chi connectivity index (χ1v) is 6.00. The van der Waals surface area contributed by atoms with Crippen LogP contribution in [0.1, 0.15) is 4.88 Å². The maximum atomic E-state index is 4.34. The Morgan fingerprint density at radius 3 is 2.75 bits per heavy atom. The number of para-hydroxylation sites is 1. The van der Waals surface area contributed by atoms with Crippen LogP contribution >= 0.6 is 11.3 Å². The molecule has 0 amide bonds. The molecule has 1 aromatic heterocycles. The molecule has 0 fully saturated rings. The molecule has 2 aromatic rings. The molecule has 0 atom stereocenters. The summed E-state index contributed by atoms with van der Waals surface area (Å²) in [5, 5.41) is 6.41. The lowest BCUT2D eigenvalue weighted by molar-refractivity contribution is 0.807. The molecule has 0 spiro atoms. The van der Waals surface area contributed by atoms with E-state index in [9.17, 15) is 0 Å². The van der Waals surface area contributed by atoms with Crippen LogP contribution in [0.25, 0.3) is 0 Å². The zero-order valence-corrected chi connectivity index (χ0v) is 9.45. The number of nitrogens with zero attached hydrogens (tertiary/aromatic N) is 2. The zero-order valence-electron chi connectivity index (χ0n) is 8.63. The molecule has 1 aliphatic rings. The number of hydrogen-bond donors (Lipinski definition) is 1. The van der Waals surface area contributed by atoms with E-state index in [-0.39, 0.29) is 0 Å². The largest absolute Gasteiger partial charge is 0.304 e. The first-order valence-electron chi connectivity index (χ1n) is 5.12. The maximum absolute atomic E-state index is 4.34. The molecule has 0 aliphatic carbocycles. The van der Waals surface area contributed by atoms with Crippen LogP contribution in [0.2, 0.25) is 0 Å². The Morgan fingerprint density at radius 1 is 1.12 bits per heavy atom. The summed E-state index contributed by atoms with van der Waals surface area (Å²) in [6, 6.07) is 14.4. The van der Waals surface area contributed by atoms with Crippen LogP contribution in [-0.2, 0) is 0 Å². The summed E-state index contributed by atoms with van der Waals surface area (Å²) in [4.78, 5) is 3.36. The Balaban J connectivity index is 1.96. The number of nitrogens with one attached hydrogen (secondary N) is 1. The average Bonchev–Trinajstić information content (AvgIpc) is 3.01. The Labute approximate surface area is 98.0 Å². The van der Waals surface area contributed by atoms with Gasteiger partial charge in [0.25, 0.3) is 0 Å². The second-order valence-electron chi connectivity index (χ2n) is 3.49. The molecular weight excluding hydrogens is 218 g/mol. The van der Waals surface area contributed by atoms with Gasteiger partial charge in [-0.3, -0.25) is 5.43 Å². The lowest BCUT2D eigenvalue weighted by Crippen LogP contribution is -2.29. The number of hydrazone groups is 1. The molecule has 0 radical (unpaired) electrons. The van der Waals surface area contributed by atoms with E-state index in [1.165, 1.54) is 10.6 Å². The zero-order chi connectivity index (χ0) is 10.8. The average molecular weight is 229 g/mol. The molecule has 0 unspecified atom stereocenters. The van der Waals surface area contributed by atoms with E-state index in [1.54, 1.807) is 11.3 Å². The number of thiophene rings is 1. The van der Waals surface area contributed by atoms with Crippen LogP contribution in [-0.4, -0.2) is 12.5 Å². The molecular formula is C12H11N3S. The second-order valence-corrected chi connectivity index (χ2v) is 4.44. The van der Waals surface area contributed by atoms with Crippen molar-refractivity contribution in [2.75, 3.05) is 11.6 Å². The molecule has 16 heavy (non-hydrogen) atoms. The molecule has 1 N–H and O–H groups in total. The predicted octanol–water partition coefficient (Wildman–Crippen LogP) is 2.48. The van der Waals surface area contributed by atoms with Gasteiger partial charge in [0.2, 0.25) is 0 Å². The third-order valence-corrected chi connectivity index (χ3v) is 3.34. The first kappa shape index (κ1) is 9.42. The van der Waals surface area contributed by atoms with Gasteiger partial charge in [-0.25, -0.2) is 0 Å². The van der Waals surface area contributed by atoms with Crippen molar-refractivity contribution in [1.82, 2.24) is 5.43 Å². The summed E-state index contributed by atoms with van der Waals surface area (Å²) in [6.07, 6.45) is 0. The van der Waals surface area contributed by atoms with Gasteiger partial charge in [-0.1, -0.05) is 24.3 Å². The maximum Gasteiger partial charge on any atom is 0.171 e. The van der Waals surface area contributed by atoms with Crippen LogP contribution in [0.4, 0.5) is 5.69 Å². The lowest BCUT2D eigenvalue weighted by Gasteiger charge is -2.17. The normalized spacial score (nSPS) is 14.8. The van der Waals surface area contributed by atoms with Gasteiger partial charge in [0.1, 0.15) is 6.67 Å². The minimum absolute atomic E-state index is 0.733. The van der Waals surface area contributed by atoms with Crippen molar-refractivity contribution < 1.29 is 0 Å². The fourth-order valence-corrected chi connectivity index (χ4v) is 2.45. The summed E-state index contributed by atoms with van der Waals surface area (Å²) >= 11 is 1.71. The molecule has 1 aliphatic heterocycles. The molecule has 0 bridgehead atoms. The molecule has 1 aromatic carbocycles. The van der Waals surface area contributed by atoms with E-state index in [0.717, 1.165) is 12.5 Å². The Bertz CT molecular complexity index is 490. The highest BCUT2D eigenvalue weighted by atomic mass is 32.1. The fourth-order valence-electron chi connectivity index (χ4n) is 1.73. The lowest BCUT2D eigenvalue weighted by atomic mass is 10.3. The minimum Gasteiger partial charge on any atom is -0.304 e. The van der Waals surface area contributed by atoms with E-state index in [1.807, 2.05) is 24.3 Å². The SMILES string of the molecule is c1ccc(N2CNN=C2c2cccs2)cc1. The molecule has 0 saturated carbocycles. The van der Waals surface area contributed by atoms with Gasteiger partial charge in [0.05, 0.1) is 4.88 Å². The van der Waals surface area contributed by atoms with Gasteiger partial charge in [0, 0.05) is 5.69 Å². The van der Waals surface area contributed by atoms with Crippen LogP contribution in [0.15, 0.2) is 52.9 Å². The van der Waals surface area contributed by atoms with Crippen LogP contribution in [0.3, 0.4) is 0 Å². The molecule has 3 rings (SSSR count). The molecule has 4 heteroatoms. The van der Waals surface area contributed by atoms with Gasteiger partial charge in [-0.15, -0.1) is 11.3 Å². The van der Waals surface area contributed by atoms with Crippen molar-refractivity contribution in [3.05, 3.63) is 52.7 Å². The highest BCUT2D eigenvalue weighted by Crippen LogP contribution is 2.21.